The summed E-state index contributed by atoms with van der Waals surface area (Å²) in [6.07, 6.45) is 4.88. The maximum atomic E-state index is 9.99. The molecule has 2 atom stereocenters. The second kappa shape index (κ2) is 7.97. The molecule has 1 aromatic heterocycles. The van der Waals surface area contributed by atoms with Gasteiger partial charge in [0.05, 0.1) is 12.7 Å². The van der Waals surface area contributed by atoms with Crippen molar-refractivity contribution in [1.82, 2.24) is 15.0 Å². The lowest BCUT2D eigenvalue weighted by molar-refractivity contribution is 0.0762. The van der Waals surface area contributed by atoms with E-state index in [-0.39, 0.29) is 12.0 Å². The molecule has 1 aromatic rings. The van der Waals surface area contributed by atoms with Crippen LogP contribution in [0.1, 0.15) is 39.0 Å². The Bertz CT molecular complexity index is 443. The van der Waals surface area contributed by atoms with Crippen molar-refractivity contribution in [2.45, 2.75) is 45.1 Å². The van der Waals surface area contributed by atoms with Crippen LogP contribution in [0, 0.1) is 5.92 Å². The molecule has 1 saturated carbocycles. The van der Waals surface area contributed by atoms with E-state index in [0.717, 1.165) is 25.7 Å². The summed E-state index contributed by atoms with van der Waals surface area (Å²) in [6.45, 7) is 3.28. The summed E-state index contributed by atoms with van der Waals surface area (Å²) < 4.78 is 5.46. The fraction of sp³-hybridized carbons (Fsp3) is 0.786. The fourth-order valence-electron chi connectivity index (χ4n) is 2.45. The highest BCUT2D eigenvalue weighted by Gasteiger charge is 2.23. The van der Waals surface area contributed by atoms with E-state index in [9.17, 15) is 5.11 Å². The average Bonchev–Trinajstić information content (AvgIpc) is 2.52. The molecule has 0 amide bonds. The molecule has 0 bridgehead atoms. The predicted octanol–water partition coefficient (Wildman–Crippen LogP) is 1.67. The maximum absolute atomic E-state index is 9.99. The van der Waals surface area contributed by atoms with Crippen molar-refractivity contribution in [3.05, 3.63) is 0 Å². The number of rotatable bonds is 7. The Morgan fingerprint density at radius 2 is 1.95 bits per heavy atom. The van der Waals surface area contributed by atoms with Crippen molar-refractivity contribution in [2.75, 3.05) is 30.8 Å². The third kappa shape index (κ3) is 4.70. The van der Waals surface area contributed by atoms with E-state index >= 15 is 0 Å². The van der Waals surface area contributed by atoms with Crippen LogP contribution in [0.5, 0.6) is 6.01 Å². The van der Waals surface area contributed by atoms with Gasteiger partial charge >= 0.3 is 6.01 Å². The van der Waals surface area contributed by atoms with Crippen LogP contribution in [0.4, 0.5) is 11.9 Å². The van der Waals surface area contributed by atoms with Gasteiger partial charge in [0.25, 0.3) is 0 Å². The molecule has 7 heteroatoms. The van der Waals surface area contributed by atoms with Crippen LogP contribution in [-0.4, -0.2) is 46.4 Å². The zero-order valence-corrected chi connectivity index (χ0v) is 12.8. The Hall–Kier alpha value is -1.63. The van der Waals surface area contributed by atoms with Crippen LogP contribution < -0.4 is 15.4 Å². The number of aliphatic hydroxyl groups excluding tert-OH is 1. The van der Waals surface area contributed by atoms with E-state index in [1.165, 1.54) is 6.42 Å². The lowest BCUT2D eigenvalue weighted by Gasteiger charge is -2.27. The van der Waals surface area contributed by atoms with Crippen LogP contribution in [-0.2, 0) is 0 Å². The molecular formula is C14H25N5O2. The molecule has 2 rings (SSSR count). The molecule has 2 unspecified atom stereocenters. The first-order valence-electron chi connectivity index (χ1n) is 7.71. The number of hydrogen-bond donors (Lipinski definition) is 3. The molecule has 21 heavy (non-hydrogen) atoms. The highest BCUT2D eigenvalue weighted by molar-refractivity contribution is 5.35. The van der Waals surface area contributed by atoms with Gasteiger partial charge in [-0.3, -0.25) is 0 Å². The van der Waals surface area contributed by atoms with E-state index < -0.39 is 0 Å². The van der Waals surface area contributed by atoms with Gasteiger partial charge in [0.1, 0.15) is 0 Å². The molecule has 1 fully saturated rings. The highest BCUT2D eigenvalue weighted by Crippen LogP contribution is 2.24. The number of anilines is 2. The van der Waals surface area contributed by atoms with Crippen LogP contribution in [0.2, 0.25) is 0 Å². The first-order valence-corrected chi connectivity index (χ1v) is 7.71. The van der Waals surface area contributed by atoms with Crippen LogP contribution in [0.15, 0.2) is 0 Å². The third-order valence-corrected chi connectivity index (χ3v) is 3.67. The Morgan fingerprint density at radius 1 is 1.19 bits per heavy atom. The molecule has 0 radical (unpaired) electrons. The summed E-state index contributed by atoms with van der Waals surface area (Å²) in [5, 5.41) is 16.1. The van der Waals surface area contributed by atoms with Gasteiger partial charge in [-0.2, -0.15) is 15.0 Å². The largest absolute Gasteiger partial charge is 0.463 e. The van der Waals surface area contributed by atoms with Gasteiger partial charge in [-0.15, -0.1) is 0 Å². The van der Waals surface area contributed by atoms with Gasteiger partial charge < -0.3 is 20.5 Å². The summed E-state index contributed by atoms with van der Waals surface area (Å²) in [6, 6.07) is 0.322. The summed E-state index contributed by atoms with van der Waals surface area (Å²) >= 11 is 0. The molecule has 1 aliphatic rings. The molecule has 3 N–H and O–H groups in total. The number of aliphatic hydroxyl groups is 1. The van der Waals surface area contributed by atoms with Gasteiger partial charge in [-0.1, -0.05) is 19.8 Å². The highest BCUT2D eigenvalue weighted by atomic mass is 16.5. The number of nitrogens with one attached hydrogen (secondary N) is 2. The minimum absolute atomic E-state index is 0.229. The fourth-order valence-corrected chi connectivity index (χ4v) is 2.45. The minimum atomic E-state index is -0.229. The zero-order valence-electron chi connectivity index (χ0n) is 12.8. The van der Waals surface area contributed by atoms with Crippen molar-refractivity contribution in [3.8, 4) is 6.01 Å². The Balaban J connectivity index is 1.97. The topological polar surface area (TPSA) is 92.2 Å². The molecule has 7 nitrogen and oxygen atoms in total. The second-order valence-electron chi connectivity index (χ2n) is 5.36. The smallest absolute Gasteiger partial charge is 0.323 e. The SMILES string of the molecule is CCCOc1nc(NC)nc(NCC2CCCCC2O)n1. The molecule has 0 spiro atoms. The standard InChI is InChI=1S/C14H25N5O2/c1-3-8-21-14-18-12(15-2)17-13(19-14)16-9-10-6-4-5-7-11(10)20/h10-11,20H,3-9H2,1-2H3,(H2,15,16,17,18,19). The molecule has 0 saturated heterocycles. The zero-order chi connectivity index (χ0) is 15.1. The first-order chi connectivity index (χ1) is 10.2. The summed E-state index contributed by atoms with van der Waals surface area (Å²) in [4.78, 5) is 12.7. The number of aromatic nitrogens is 3. The van der Waals surface area contributed by atoms with Crippen LogP contribution in [0.25, 0.3) is 0 Å². The van der Waals surface area contributed by atoms with E-state index in [1.807, 2.05) is 6.92 Å². The number of hydrogen-bond acceptors (Lipinski definition) is 7. The minimum Gasteiger partial charge on any atom is -0.463 e. The normalized spacial score (nSPS) is 21.9. The molecule has 1 aliphatic carbocycles. The molecule has 0 aromatic carbocycles. The van der Waals surface area contributed by atoms with E-state index in [1.54, 1.807) is 7.05 Å². The van der Waals surface area contributed by atoms with Gasteiger partial charge in [-0.25, -0.2) is 0 Å². The van der Waals surface area contributed by atoms with Crippen molar-refractivity contribution in [3.63, 3.8) is 0 Å². The Labute approximate surface area is 125 Å². The van der Waals surface area contributed by atoms with Gasteiger partial charge in [0.2, 0.25) is 11.9 Å². The van der Waals surface area contributed by atoms with Crippen LogP contribution >= 0.6 is 0 Å². The Kier molecular flexibility index (Phi) is 5.98. The lowest BCUT2D eigenvalue weighted by Crippen LogP contribution is -2.30. The van der Waals surface area contributed by atoms with E-state index in [2.05, 4.69) is 25.6 Å². The van der Waals surface area contributed by atoms with Gasteiger partial charge in [-0.05, 0) is 19.3 Å². The van der Waals surface area contributed by atoms with E-state index in [0.29, 0.717) is 31.1 Å². The van der Waals surface area contributed by atoms with Crippen molar-refractivity contribution < 1.29 is 9.84 Å². The summed E-state index contributed by atoms with van der Waals surface area (Å²) in [5.74, 6) is 1.22. The monoisotopic (exact) mass is 295 g/mol. The third-order valence-electron chi connectivity index (χ3n) is 3.67. The lowest BCUT2D eigenvalue weighted by atomic mass is 9.86. The predicted molar refractivity (Wildman–Crippen MR) is 81.6 cm³/mol. The van der Waals surface area contributed by atoms with Crippen molar-refractivity contribution in [2.24, 2.45) is 5.92 Å². The molecule has 0 aliphatic heterocycles. The van der Waals surface area contributed by atoms with Crippen LogP contribution in [0.3, 0.4) is 0 Å². The van der Waals surface area contributed by atoms with E-state index in [4.69, 9.17) is 4.74 Å². The molecule has 1 heterocycles. The average molecular weight is 295 g/mol. The summed E-state index contributed by atoms with van der Waals surface area (Å²) in [5.41, 5.74) is 0. The summed E-state index contributed by atoms with van der Waals surface area (Å²) in [7, 11) is 1.76. The Morgan fingerprint density at radius 3 is 2.67 bits per heavy atom. The first kappa shape index (κ1) is 15.8. The molecule has 118 valence electrons. The second-order valence-corrected chi connectivity index (χ2v) is 5.36. The van der Waals surface area contributed by atoms with Crippen molar-refractivity contribution in [1.29, 1.82) is 0 Å². The number of nitrogens with zero attached hydrogens (tertiary/aromatic N) is 3. The van der Waals surface area contributed by atoms with Gasteiger partial charge in [0.15, 0.2) is 0 Å². The van der Waals surface area contributed by atoms with Crippen molar-refractivity contribution >= 4 is 11.9 Å². The quantitative estimate of drug-likeness (QED) is 0.704. The number of ether oxygens (including phenoxy) is 1. The van der Waals surface area contributed by atoms with Gasteiger partial charge in [0, 0.05) is 19.5 Å². The maximum Gasteiger partial charge on any atom is 0.323 e. The molecular weight excluding hydrogens is 270 g/mol.